The Morgan fingerprint density at radius 3 is 2.44 bits per heavy atom. The first-order chi connectivity index (χ1) is 12.2. The molecule has 6 heteroatoms. The number of halogens is 1. The lowest BCUT2D eigenvalue weighted by molar-refractivity contribution is 0.00173. The smallest absolute Gasteiger partial charge is 0.317 e. The van der Waals surface area contributed by atoms with Gasteiger partial charge in [-0.05, 0) is 49.9 Å². The van der Waals surface area contributed by atoms with E-state index < -0.39 is 0 Å². The van der Waals surface area contributed by atoms with E-state index in [2.05, 4.69) is 5.32 Å². The van der Waals surface area contributed by atoms with Gasteiger partial charge in [0.05, 0.1) is 12.7 Å². The van der Waals surface area contributed by atoms with E-state index in [9.17, 15) is 9.18 Å². The lowest BCUT2D eigenvalue weighted by Crippen LogP contribution is -2.48. The number of benzene rings is 1. The Balaban J connectivity index is 1.28. The zero-order valence-electron chi connectivity index (χ0n) is 14.6. The summed E-state index contributed by atoms with van der Waals surface area (Å²) in [7, 11) is 0. The van der Waals surface area contributed by atoms with Crippen LogP contribution in [0.1, 0.15) is 38.5 Å². The SMILES string of the molecule is O=C(NC1CCCC1)N1CCC(OCCOc2ccc(F)cc2)CC1. The van der Waals surface area contributed by atoms with Crippen molar-refractivity contribution in [1.29, 1.82) is 0 Å². The average molecular weight is 350 g/mol. The number of nitrogens with zero attached hydrogens (tertiary/aromatic N) is 1. The van der Waals surface area contributed by atoms with Gasteiger partial charge in [-0.1, -0.05) is 12.8 Å². The largest absolute Gasteiger partial charge is 0.491 e. The van der Waals surface area contributed by atoms with Crippen LogP contribution in [-0.4, -0.2) is 49.4 Å². The van der Waals surface area contributed by atoms with E-state index in [1.807, 2.05) is 4.90 Å². The maximum atomic E-state index is 12.8. The fraction of sp³-hybridized carbons (Fsp3) is 0.632. The monoisotopic (exact) mass is 350 g/mol. The summed E-state index contributed by atoms with van der Waals surface area (Å²) in [6, 6.07) is 6.41. The quantitative estimate of drug-likeness (QED) is 0.801. The first-order valence-electron chi connectivity index (χ1n) is 9.26. The number of carbonyl (C=O) groups is 1. The fourth-order valence-corrected chi connectivity index (χ4v) is 3.47. The highest BCUT2D eigenvalue weighted by atomic mass is 19.1. The number of urea groups is 1. The van der Waals surface area contributed by atoms with Gasteiger partial charge in [0.25, 0.3) is 0 Å². The maximum Gasteiger partial charge on any atom is 0.317 e. The molecule has 1 aromatic rings. The Morgan fingerprint density at radius 2 is 1.76 bits per heavy atom. The van der Waals surface area contributed by atoms with Crippen LogP contribution in [0.25, 0.3) is 0 Å². The number of carbonyl (C=O) groups excluding carboxylic acids is 1. The standard InChI is InChI=1S/C19H27FN2O3/c20-15-5-7-17(8-6-15)24-13-14-25-18-9-11-22(12-10-18)19(23)21-16-3-1-2-4-16/h5-8,16,18H,1-4,9-14H2,(H,21,23). The second-order valence-corrected chi connectivity index (χ2v) is 6.79. The van der Waals surface area contributed by atoms with Gasteiger partial charge < -0.3 is 19.7 Å². The van der Waals surface area contributed by atoms with Crippen molar-refractivity contribution in [2.45, 2.75) is 50.7 Å². The van der Waals surface area contributed by atoms with Crippen molar-refractivity contribution in [2.75, 3.05) is 26.3 Å². The molecule has 3 rings (SSSR count). The van der Waals surface area contributed by atoms with E-state index in [0.29, 0.717) is 25.0 Å². The lowest BCUT2D eigenvalue weighted by atomic mass is 10.1. The number of amides is 2. The molecule has 0 radical (unpaired) electrons. The van der Waals surface area contributed by atoms with Crippen LogP contribution in [0, 0.1) is 5.82 Å². The molecule has 1 saturated carbocycles. The number of hydrogen-bond donors (Lipinski definition) is 1. The highest BCUT2D eigenvalue weighted by molar-refractivity contribution is 5.74. The molecule has 0 atom stereocenters. The van der Waals surface area contributed by atoms with Gasteiger partial charge in [-0.15, -0.1) is 0 Å². The normalized spacial score (nSPS) is 19.2. The molecule has 1 heterocycles. The minimum atomic E-state index is -0.271. The third kappa shape index (κ3) is 5.59. The first-order valence-corrected chi connectivity index (χ1v) is 9.26. The molecule has 1 N–H and O–H groups in total. The molecule has 25 heavy (non-hydrogen) atoms. The molecule has 0 spiro atoms. The number of rotatable bonds is 6. The Kier molecular flexibility index (Phi) is 6.50. The highest BCUT2D eigenvalue weighted by Crippen LogP contribution is 2.19. The van der Waals surface area contributed by atoms with Crippen LogP contribution in [-0.2, 0) is 4.74 Å². The molecule has 2 fully saturated rings. The van der Waals surface area contributed by atoms with Gasteiger partial charge in [0.2, 0.25) is 0 Å². The molecule has 2 aliphatic rings. The molecule has 5 nitrogen and oxygen atoms in total. The summed E-state index contributed by atoms with van der Waals surface area (Å²) in [5, 5.41) is 3.14. The van der Waals surface area contributed by atoms with E-state index >= 15 is 0 Å². The van der Waals surface area contributed by atoms with Crippen molar-refractivity contribution in [3.05, 3.63) is 30.1 Å². The Morgan fingerprint density at radius 1 is 1.08 bits per heavy atom. The minimum absolute atomic E-state index is 0.0741. The van der Waals surface area contributed by atoms with Crippen LogP contribution in [0.5, 0.6) is 5.75 Å². The van der Waals surface area contributed by atoms with Crippen molar-refractivity contribution >= 4 is 6.03 Å². The van der Waals surface area contributed by atoms with E-state index in [1.165, 1.54) is 25.0 Å². The highest BCUT2D eigenvalue weighted by Gasteiger charge is 2.25. The van der Waals surface area contributed by atoms with Gasteiger partial charge in [0.15, 0.2) is 0 Å². The van der Waals surface area contributed by atoms with E-state index in [4.69, 9.17) is 9.47 Å². The second kappa shape index (κ2) is 9.04. The lowest BCUT2D eigenvalue weighted by Gasteiger charge is -2.32. The molecule has 1 saturated heterocycles. The molecule has 0 unspecified atom stereocenters. The molecule has 1 aromatic carbocycles. The molecule has 2 amide bonds. The van der Waals surface area contributed by atoms with Crippen LogP contribution >= 0.6 is 0 Å². The molecule has 0 bridgehead atoms. The second-order valence-electron chi connectivity index (χ2n) is 6.79. The molecule has 138 valence electrons. The maximum absolute atomic E-state index is 12.8. The fourth-order valence-electron chi connectivity index (χ4n) is 3.47. The zero-order valence-corrected chi connectivity index (χ0v) is 14.6. The van der Waals surface area contributed by atoms with Crippen molar-refractivity contribution in [3.63, 3.8) is 0 Å². The predicted octanol–water partition coefficient (Wildman–Crippen LogP) is 3.34. The van der Waals surface area contributed by atoms with Gasteiger partial charge in [0.1, 0.15) is 18.2 Å². The van der Waals surface area contributed by atoms with Crippen molar-refractivity contribution in [1.82, 2.24) is 10.2 Å². The number of piperidine rings is 1. The van der Waals surface area contributed by atoms with Crippen LogP contribution in [0.3, 0.4) is 0 Å². The molecule has 1 aliphatic heterocycles. The summed E-state index contributed by atoms with van der Waals surface area (Å²) < 4.78 is 24.2. The van der Waals surface area contributed by atoms with Crippen LogP contribution in [0.15, 0.2) is 24.3 Å². The number of likely N-dealkylation sites (tertiary alicyclic amines) is 1. The summed E-state index contributed by atoms with van der Waals surface area (Å²) in [5.74, 6) is 0.371. The Hall–Kier alpha value is -1.82. The van der Waals surface area contributed by atoms with Gasteiger partial charge in [-0.3, -0.25) is 0 Å². The molecular formula is C19H27FN2O3. The van der Waals surface area contributed by atoms with E-state index in [1.54, 1.807) is 12.1 Å². The van der Waals surface area contributed by atoms with Crippen LogP contribution < -0.4 is 10.1 Å². The van der Waals surface area contributed by atoms with Crippen LogP contribution in [0.2, 0.25) is 0 Å². The summed E-state index contributed by atoms with van der Waals surface area (Å²) in [6.07, 6.45) is 6.55. The third-order valence-electron chi connectivity index (χ3n) is 4.93. The van der Waals surface area contributed by atoms with Gasteiger partial charge in [-0.25, -0.2) is 9.18 Å². The minimum Gasteiger partial charge on any atom is -0.491 e. The number of hydrogen-bond acceptors (Lipinski definition) is 3. The molecular weight excluding hydrogens is 323 g/mol. The Bertz CT molecular complexity index is 538. The number of nitrogens with one attached hydrogen (secondary N) is 1. The van der Waals surface area contributed by atoms with Crippen LogP contribution in [0.4, 0.5) is 9.18 Å². The first kappa shape index (κ1) is 18.0. The van der Waals surface area contributed by atoms with Crippen molar-refractivity contribution < 1.29 is 18.7 Å². The third-order valence-corrected chi connectivity index (χ3v) is 4.93. The molecule has 1 aliphatic carbocycles. The zero-order chi connectivity index (χ0) is 17.5. The van der Waals surface area contributed by atoms with E-state index in [0.717, 1.165) is 38.8 Å². The molecule has 0 aromatic heterocycles. The van der Waals surface area contributed by atoms with Gasteiger partial charge in [0, 0.05) is 19.1 Å². The van der Waals surface area contributed by atoms with E-state index in [-0.39, 0.29) is 18.0 Å². The van der Waals surface area contributed by atoms with Gasteiger partial charge in [-0.2, -0.15) is 0 Å². The van der Waals surface area contributed by atoms with Gasteiger partial charge >= 0.3 is 6.03 Å². The predicted molar refractivity (Wildman–Crippen MR) is 93.2 cm³/mol. The summed E-state index contributed by atoms with van der Waals surface area (Å²) in [6.45, 7) is 2.41. The summed E-state index contributed by atoms with van der Waals surface area (Å²) in [5.41, 5.74) is 0. The summed E-state index contributed by atoms with van der Waals surface area (Å²) >= 11 is 0. The van der Waals surface area contributed by atoms with Crippen molar-refractivity contribution in [3.8, 4) is 5.75 Å². The average Bonchev–Trinajstić information content (AvgIpc) is 3.14. The summed E-state index contributed by atoms with van der Waals surface area (Å²) in [4.78, 5) is 14.1. The number of ether oxygens (including phenoxy) is 2. The topological polar surface area (TPSA) is 50.8 Å². The Labute approximate surface area is 148 Å². The van der Waals surface area contributed by atoms with Crippen molar-refractivity contribution in [2.24, 2.45) is 0 Å².